The number of rotatable bonds is 5. The predicted octanol–water partition coefficient (Wildman–Crippen LogP) is 4.72. The molecular formula is C23H24N2O2. The van der Waals surface area contributed by atoms with E-state index < -0.39 is 0 Å². The van der Waals surface area contributed by atoms with Crippen LogP contribution in [-0.2, 0) is 9.53 Å². The minimum atomic E-state index is -0.140. The Morgan fingerprint density at radius 1 is 1.15 bits per heavy atom. The number of carbonyl (C=O) groups excluding carboxylic acids is 1. The lowest BCUT2D eigenvalue weighted by Crippen LogP contribution is -2.27. The number of hydrogen-bond donors (Lipinski definition) is 2. The molecule has 27 heavy (non-hydrogen) atoms. The molecular weight excluding hydrogens is 336 g/mol. The van der Waals surface area contributed by atoms with Gasteiger partial charge in [-0.2, -0.15) is 0 Å². The van der Waals surface area contributed by atoms with Crippen molar-refractivity contribution in [1.82, 2.24) is 10.3 Å². The molecule has 3 aromatic rings. The van der Waals surface area contributed by atoms with E-state index in [9.17, 15) is 4.79 Å². The smallest absolute Gasteiger partial charge is 0.286 e. The highest BCUT2D eigenvalue weighted by Crippen LogP contribution is 2.30. The van der Waals surface area contributed by atoms with Crippen molar-refractivity contribution in [3.05, 3.63) is 65.0 Å². The van der Waals surface area contributed by atoms with E-state index in [0.717, 1.165) is 29.5 Å². The van der Waals surface area contributed by atoms with Crippen LogP contribution in [0.5, 0.6) is 0 Å². The topological polar surface area (TPSA) is 54.1 Å². The lowest BCUT2D eigenvalue weighted by atomic mass is 9.94. The SMILES string of the molecule is COC(=Cc1cc(C)c(-c2ccc3[nH]ccc3c2)cc1C)C(=O)NC1CC1. The van der Waals surface area contributed by atoms with Gasteiger partial charge in [-0.1, -0.05) is 18.2 Å². The fourth-order valence-electron chi connectivity index (χ4n) is 3.37. The normalized spacial score (nSPS) is 14.4. The van der Waals surface area contributed by atoms with Gasteiger partial charge in [-0.25, -0.2) is 0 Å². The zero-order valence-electron chi connectivity index (χ0n) is 15.9. The molecule has 1 heterocycles. The molecule has 0 radical (unpaired) electrons. The molecule has 1 fully saturated rings. The first-order valence-electron chi connectivity index (χ1n) is 9.30. The Kier molecular flexibility index (Phi) is 4.48. The molecule has 138 valence electrons. The molecule has 2 N–H and O–H groups in total. The Bertz CT molecular complexity index is 1040. The van der Waals surface area contributed by atoms with Gasteiger partial charge >= 0.3 is 0 Å². The van der Waals surface area contributed by atoms with E-state index >= 15 is 0 Å². The van der Waals surface area contributed by atoms with E-state index in [4.69, 9.17) is 4.74 Å². The van der Waals surface area contributed by atoms with Gasteiger partial charge in [0.15, 0.2) is 5.76 Å². The Labute approximate surface area is 159 Å². The lowest BCUT2D eigenvalue weighted by Gasteiger charge is -2.12. The summed E-state index contributed by atoms with van der Waals surface area (Å²) in [6, 6.07) is 13.1. The number of amides is 1. The van der Waals surface area contributed by atoms with Gasteiger partial charge in [-0.05, 0) is 84.2 Å². The number of hydrogen-bond acceptors (Lipinski definition) is 2. The first-order valence-corrected chi connectivity index (χ1v) is 9.30. The third-order valence-corrected chi connectivity index (χ3v) is 5.12. The van der Waals surface area contributed by atoms with Crippen LogP contribution in [-0.4, -0.2) is 24.0 Å². The molecule has 0 saturated heterocycles. The average Bonchev–Trinajstić information content (AvgIpc) is 3.34. The highest BCUT2D eigenvalue weighted by molar-refractivity contribution is 5.96. The maximum Gasteiger partial charge on any atom is 0.286 e. The van der Waals surface area contributed by atoms with E-state index in [1.165, 1.54) is 22.1 Å². The molecule has 1 saturated carbocycles. The molecule has 1 amide bonds. The van der Waals surface area contributed by atoms with Crippen LogP contribution >= 0.6 is 0 Å². The zero-order valence-corrected chi connectivity index (χ0v) is 15.9. The zero-order chi connectivity index (χ0) is 19.0. The van der Waals surface area contributed by atoms with Crippen LogP contribution in [0.15, 0.2) is 48.4 Å². The van der Waals surface area contributed by atoms with Crippen LogP contribution in [0.25, 0.3) is 28.1 Å². The summed E-state index contributed by atoms with van der Waals surface area (Å²) < 4.78 is 5.34. The molecule has 0 aliphatic heterocycles. The molecule has 4 heteroatoms. The van der Waals surface area contributed by atoms with E-state index in [2.05, 4.69) is 60.5 Å². The molecule has 4 nitrogen and oxygen atoms in total. The second-order valence-corrected chi connectivity index (χ2v) is 7.26. The highest BCUT2D eigenvalue weighted by Gasteiger charge is 2.25. The summed E-state index contributed by atoms with van der Waals surface area (Å²) in [7, 11) is 1.54. The van der Waals surface area contributed by atoms with Crippen molar-refractivity contribution in [2.75, 3.05) is 7.11 Å². The number of ether oxygens (including phenoxy) is 1. The molecule has 0 atom stereocenters. The molecule has 4 rings (SSSR count). The maximum atomic E-state index is 12.3. The quantitative estimate of drug-likeness (QED) is 0.511. The van der Waals surface area contributed by atoms with Crippen LogP contribution in [0.4, 0.5) is 0 Å². The number of H-pyrrole nitrogens is 1. The Balaban J connectivity index is 1.68. The van der Waals surface area contributed by atoms with Crippen LogP contribution in [0.3, 0.4) is 0 Å². The maximum absolute atomic E-state index is 12.3. The summed E-state index contributed by atoms with van der Waals surface area (Å²) in [6.45, 7) is 4.17. The van der Waals surface area contributed by atoms with E-state index in [1.807, 2.05) is 12.3 Å². The highest BCUT2D eigenvalue weighted by atomic mass is 16.5. The summed E-state index contributed by atoms with van der Waals surface area (Å²) in [5.74, 6) is 0.213. The molecule has 1 aliphatic carbocycles. The van der Waals surface area contributed by atoms with E-state index in [1.54, 1.807) is 7.11 Å². The Hall–Kier alpha value is -3.01. The van der Waals surface area contributed by atoms with Crippen molar-refractivity contribution >= 4 is 22.9 Å². The number of carbonyl (C=O) groups is 1. The molecule has 0 bridgehead atoms. The summed E-state index contributed by atoms with van der Waals surface area (Å²) in [4.78, 5) is 15.5. The fraction of sp³-hybridized carbons (Fsp3) is 0.261. The van der Waals surface area contributed by atoms with Gasteiger partial charge in [0, 0.05) is 17.8 Å². The van der Waals surface area contributed by atoms with E-state index in [-0.39, 0.29) is 5.91 Å². The van der Waals surface area contributed by atoms with Crippen molar-refractivity contribution in [1.29, 1.82) is 0 Å². The largest absolute Gasteiger partial charge is 0.491 e. The monoisotopic (exact) mass is 360 g/mol. The molecule has 2 aromatic carbocycles. The predicted molar refractivity (Wildman–Crippen MR) is 109 cm³/mol. The van der Waals surface area contributed by atoms with E-state index in [0.29, 0.717) is 11.8 Å². The summed E-state index contributed by atoms with van der Waals surface area (Å²) >= 11 is 0. The Morgan fingerprint density at radius 3 is 2.70 bits per heavy atom. The van der Waals surface area contributed by atoms with Crippen LogP contribution in [0, 0.1) is 13.8 Å². The van der Waals surface area contributed by atoms with Gasteiger partial charge in [-0.15, -0.1) is 0 Å². The molecule has 1 aliphatic rings. The third-order valence-electron chi connectivity index (χ3n) is 5.12. The van der Waals surface area contributed by atoms with Crippen molar-refractivity contribution in [3.63, 3.8) is 0 Å². The van der Waals surface area contributed by atoms with Crippen molar-refractivity contribution in [2.45, 2.75) is 32.7 Å². The van der Waals surface area contributed by atoms with Gasteiger partial charge in [0.05, 0.1) is 7.11 Å². The number of methoxy groups -OCH3 is 1. The Morgan fingerprint density at radius 2 is 1.96 bits per heavy atom. The fourth-order valence-corrected chi connectivity index (χ4v) is 3.37. The van der Waals surface area contributed by atoms with Gasteiger partial charge in [0.1, 0.15) is 0 Å². The molecule has 1 aromatic heterocycles. The van der Waals surface area contributed by atoms with Gasteiger partial charge in [0.25, 0.3) is 5.91 Å². The second-order valence-electron chi connectivity index (χ2n) is 7.26. The number of aryl methyl sites for hydroxylation is 2. The second kappa shape index (κ2) is 6.95. The first kappa shape index (κ1) is 17.4. The average molecular weight is 360 g/mol. The van der Waals surface area contributed by atoms with Crippen molar-refractivity contribution in [2.24, 2.45) is 0 Å². The summed E-state index contributed by atoms with van der Waals surface area (Å²) in [5, 5.41) is 4.18. The summed E-state index contributed by atoms with van der Waals surface area (Å²) in [5.41, 5.74) is 6.81. The minimum absolute atomic E-state index is 0.140. The first-order chi connectivity index (χ1) is 13.0. The number of aromatic amines is 1. The van der Waals surface area contributed by atoms with Crippen molar-refractivity contribution in [3.8, 4) is 11.1 Å². The number of benzene rings is 2. The number of fused-ring (bicyclic) bond motifs is 1. The lowest BCUT2D eigenvalue weighted by molar-refractivity contribution is -0.120. The number of nitrogens with one attached hydrogen (secondary N) is 2. The van der Waals surface area contributed by atoms with Crippen LogP contribution in [0.2, 0.25) is 0 Å². The standard InChI is InChI=1S/C23H24N2O2/c1-14-11-20(16-4-7-21-17(12-16)8-9-24-21)15(2)10-18(14)13-22(27-3)23(26)25-19-5-6-19/h4,7-13,19,24H,5-6H2,1-3H3,(H,25,26). The minimum Gasteiger partial charge on any atom is -0.491 e. The summed E-state index contributed by atoms with van der Waals surface area (Å²) in [6.07, 6.45) is 5.90. The third kappa shape index (κ3) is 3.61. The van der Waals surface area contributed by atoms with Crippen LogP contribution in [0.1, 0.15) is 29.5 Å². The molecule has 0 spiro atoms. The molecule has 0 unspecified atom stereocenters. The van der Waals surface area contributed by atoms with Crippen molar-refractivity contribution < 1.29 is 9.53 Å². The number of aromatic nitrogens is 1. The van der Waals surface area contributed by atoms with Gasteiger partial charge < -0.3 is 15.0 Å². The van der Waals surface area contributed by atoms with Gasteiger partial charge in [-0.3, -0.25) is 4.79 Å². The van der Waals surface area contributed by atoms with Crippen LogP contribution < -0.4 is 5.32 Å². The van der Waals surface area contributed by atoms with Gasteiger partial charge in [0.2, 0.25) is 0 Å².